The molecule has 0 aromatic heterocycles. The summed E-state index contributed by atoms with van der Waals surface area (Å²) in [6.07, 6.45) is 1.66. The molecule has 0 saturated carbocycles. The van der Waals surface area contributed by atoms with Crippen molar-refractivity contribution in [3.63, 3.8) is 0 Å². The first-order chi connectivity index (χ1) is 7.15. The molecule has 15 heavy (non-hydrogen) atoms. The van der Waals surface area contributed by atoms with E-state index in [2.05, 4.69) is 0 Å². The molecule has 0 aliphatic carbocycles. The Bertz CT molecular complexity index is 350. The van der Waals surface area contributed by atoms with Crippen LogP contribution in [0.1, 0.15) is 25.3 Å². The van der Waals surface area contributed by atoms with Crippen LogP contribution in [0.25, 0.3) is 0 Å². The second-order valence-corrected chi connectivity index (χ2v) is 3.82. The molecule has 1 unspecified atom stereocenters. The molecule has 0 aliphatic heterocycles. The Morgan fingerprint density at radius 1 is 1.33 bits per heavy atom. The molecule has 1 aromatic carbocycles. The zero-order valence-corrected chi connectivity index (χ0v) is 9.23. The fourth-order valence-corrected chi connectivity index (χ4v) is 1.49. The molecule has 0 radical (unpaired) electrons. The SMILES string of the molecule is CC(C)=CC(=O)C(CN)c1ccccc1. The summed E-state index contributed by atoms with van der Waals surface area (Å²) in [5.74, 6) is -0.121. The number of hydrogen-bond donors (Lipinski definition) is 1. The second kappa shape index (κ2) is 5.47. The van der Waals surface area contributed by atoms with Gasteiger partial charge in [-0.3, -0.25) is 4.79 Å². The number of nitrogens with two attached hydrogens (primary N) is 1. The number of ketones is 1. The molecule has 1 aromatic rings. The molecular weight excluding hydrogens is 186 g/mol. The van der Waals surface area contributed by atoms with Crippen LogP contribution in [0.3, 0.4) is 0 Å². The number of carbonyl (C=O) groups excluding carboxylic acids is 1. The third kappa shape index (κ3) is 3.33. The van der Waals surface area contributed by atoms with Crippen molar-refractivity contribution >= 4 is 5.78 Å². The summed E-state index contributed by atoms with van der Waals surface area (Å²) in [4.78, 5) is 11.8. The minimum Gasteiger partial charge on any atom is -0.329 e. The van der Waals surface area contributed by atoms with Crippen molar-refractivity contribution in [2.24, 2.45) is 5.73 Å². The Hall–Kier alpha value is -1.41. The number of hydrogen-bond acceptors (Lipinski definition) is 2. The van der Waals surface area contributed by atoms with E-state index in [0.29, 0.717) is 6.54 Å². The highest BCUT2D eigenvalue weighted by molar-refractivity contribution is 5.96. The summed E-state index contributed by atoms with van der Waals surface area (Å²) in [5.41, 5.74) is 7.63. The molecule has 0 saturated heterocycles. The van der Waals surface area contributed by atoms with Gasteiger partial charge in [0.25, 0.3) is 0 Å². The van der Waals surface area contributed by atoms with Crippen molar-refractivity contribution in [2.75, 3.05) is 6.54 Å². The van der Waals surface area contributed by atoms with Crippen molar-refractivity contribution in [3.8, 4) is 0 Å². The molecule has 0 heterocycles. The summed E-state index contributed by atoms with van der Waals surface area (Å²) >= 11 is 0. The van der Waals surface area contributed by atoms with E-state index in [0.717, 1.165) is 11.1 Å². The quantitative estimate of drug-likeness (QED) is 0.763. The van der Waals surface area contributed by atoms with Crippen LogP contribution in [0.4, 0.5) is 0 Å². The van der Waals surface area contributed by atoms with Crippen molar-refractivity contribution in [1.82, 2.24) is 0 Å². The van der Waals surface area contributed by atoms with Gasteiger partial charge >= 0.3 is 0 Å². The van der Waals surface area contributed by atoms with Gasteiger partial charge < -0.3 is 5.73 Å². The van der Waals surface area contributed by atoms with Crippen LogP contribution in [0.15, 0.2) is 42.0 Å². The van der Waals surface area contributed by atoms with Crippen LogP contribution >= 0.6 is 0 Å². The normalized spacial score (nSPS) is 11.9. The van der Waals surface area contributed by atoms with Crippen molar-refractivity contribution in [3.05, 3.63) is 47.5 Å². The van der Waals surface area contributed by atoms with Gasteiger partial charge in [0.1, 0.15) is 0 Å². The number of carbonyl (C=O) groups is 1. The number of rotatable bonds is 4. The average molecular weight is 203 g/mol. The molecule has 0 amide bonds. The minimum atomic E-state index is -0.207. The highest BCUT2D eigenvalue weighted by Gasteiger charge is 2.15. The van der Waals surface area contributed by atoms with E-state index in [1.165, 1.54) is 0 Å². The summed E-state index contributed by atoms with van der Waals surface area (Å²) in [6, 6.07) is 9.66. The Balaban J connectivity index is 2.90. The molecule has 0 aliphatic rings. The first-order valence-corrected chi connectivity index (χ1v) is 5.09. The molecule has 2 N–H and O–H groups in total. The Labute approximate surface area is 90.8 Å². The molecule has 1 rings (SSSR count). The lowest BCUT2D eigenvalue weighted by atomic mass is 9.94. The molecule has 0 spiro atoms. The summed E-state index contributed by atoms with van der Waals surface area (Å²) in [6.45, 7) is 4.18. The van der Waals surface area contributed by atoms with E-state index in [-0.39, 0.29) is 11.7 Å². The van der Waals surface area contributed by atoms with Crippen molar-refractivity contribution < 1.29 is 4.79 Å². The van der Waals surface area contributed by atoms with E-state index < -0.39 is 0 Å². The fraction of sp³-hybridized carbons (Fsp3) is 0.308. The summed E-state index contributed by atoms with van der Waals surface area (Å²) in [7, 11) is 0. The molecular formula is C13H17NO. The zero-order chi connectivity index (χ0) is 11.3. The monoisotopic (exact) mass is 203 g/mol. The predicted octanol–water partition coefficient (Wildman–Crippen LogP) is 2.26. The van der Waals surface area contributed by atoms with Gasteiger partial charge in [0.2, 0.25) is 0 Å². The summed E-state index contributed by atoms with van der Waals surface area (Å²) < 4.78 is 0. The maximum atomic E-state index is 11.8. The Kier molecular flexibility index (Phi) is 4.25. The Morgan fingerprint density at radius 2 is 1.93 bits per heavy atom. The fourth-order valence-electron chi connectivity index (χ4n) is 1.49. The van der Waals surface area contributed by atoms with Crippen LogP contribution in [0.2, 0.25) is 0 Å². The highest BCUT2D eigenvalue weighted by Crippen LogP contribution is 2.16. The lowest BCUT2D eigenvalue weighted by Gasteiger charge is -2.11. The largest absolute Gasteiger partial charge is 0.329 e. The van der Waals surface area contributed by atoms with E-state index in [1.54, 1.807) is 6.08 Å². The highest BCUT2D eigenvalue weighted by atomic mass is 16.1. The van der Waals surface area contributed by atoms with E-state index in [4.69, 9.17) is 5.73 Å². The standard InChI is InChI=1S/C13H17NO/c1-10(2)8-13(15)12(9-14)11-6-4-3-5-7-11/h3-8,12H,9,14H2,1-2H3. The lowest BCUT2D eigenvalue weighted by molar-refractivity contribution is -0.115. The molecule has 2 nitrogen and oxygen atoms in total. The first kappa shape index (κ1) is 11.7. The van der Waals surface area contributed by atoms with Gasteiger partial charge in [-0.15, -0.1) is 0 Å². The van der Waals surface area contributed by atoms with Crippen molar-refractivity contribution in [2.45, 2.75) is 19.8 Å². The van der Waals surface area contributed by atoms with Crippen LogP contribution < -0.4 is 5.73 Å². The molecule has 2 heteroatoms. The molecule has 0 fully saturated rings. The van der Waals surface area contributed by atoms with Crippen LogP contribution in [-0.4, -0.2) is 12.3 Å². The van der Waals surface area contributed by atoms with Gasteiger partial charge in [0.05, 0.1) is 5.92 Å². The van der Waals surface area contributed by atoms with Gasteiger partial charge in [0, 0.05) is 6.54 Å². The topological polar surface area (TPSA) is 43.1 Å². The van der Waals surface area contributed by atoms with E-state index in [1.807, 2.05) is 44.2 Å². The maximum absolute atomic E-state index is 11.8. The number of benzene rings is 1. The van der Waals surface area contributed by atoms with E-state index >= 15 is 0 Å². The lowest BCUT2D eigenvalue weighted by Crippen LogP contribution is -2.20. The van der Waals surface area contributed by atoms with Crippen LogP contribution in [0.5, 0.6) is 0 Å². The van der Waals surface area contributed by atoms with Crippen LogP contribution in [-0.2, 0) is 4.79 Å². The van der Waals surface area contributed by atoms with E-state index in [9.17, 15) is 4.79 Å². The minimum absolute atomic E-state index is 0.0868. The zero-order valence-electron chi connectivity index (χ0n) is 9.23. The van der Waals surface area contributed by atoms with Gasteiger partial charge in [-0.25, -0.2) is 0 Å². The van der Waals surface area contributed by atoms with Gasteiger partial charge in [-0.2, -0.15) is 0 Å². The predicted molar refractivity (Wildman–Crippen MR) is 62.7 cm³/mol. The van der Waals surface area contributed by atoms with Gasteiger partial charge in [0.15, 0.2) is 5.78 Å². The smallest absolute Gasteiger partial charge is 0.164 e. The van der Waals surface area contributed by atoms with Gasteiger partial charge in [-0.1, -0.05) is 35.9 Å². The second-order valence-electron chi connectivity index (χ2n) is 3.82. The number of allylic oxidation sites excluding steroid dienone is 2. The van der Waals surface area contributed by atoms with Crippen LogP contribution in [0, 0.1) is 0 Å². The third-order valence-electron chi connectivity index (χ3n) is 2.21. The van der Waals surface area contributed by atoms with Gasteiger partial charge in [-0.05, 0) is 25.5 Å². The first-order valence-electron chi connectivity index (χ1n) is 5.09. The molecule has 80 valence electrons. The molecule has 1 atom stereocenters. The third-order valence-corrected chi connectivity index (χ3v) is 2.21. The average Bonchev–Trinajstić information content (AvgIpc) is 2.19. The van der Waals surface area contributed by atoms with Crippen molar-refractivity contribution in [1.29, 1.82) is 0 Å². The maximum Gasteiger partial charge on any atom is 0.164 e. The molecule has 0 bridgehead atoms. The Morgan fingerprint density at radius 3 is 2.40 bits per heavy atom. The summed E-state index contributed by atoms with van der Waals surface area (Å²) in [5, 5.41) is 0.